The predicted octanol–water partition coefficient (Wildman–Crippen LogP) is 4.17. The number of alkyl carbamates (subject to hydrolysis) is 1. The first-order chi connectivity index (χ1) is 15.8. The summed E-state index contributed by atoms with van der Waals surface area (Å²) >= 11 is 0. The predicted molar refractivity (Wildman–Crippen MR) is 126 cm³/mol. The van der Waals surface area contributed by atoms with Crippen molar-refractivity contribution in [3.8, 4) is 11.1 Å². The average Bonchev–Trinajstić information content (AvgIpc) is 3.13. The SMILES string of the molecule is CCCC(CNC(=O)OCC1c2ccccc2-c2ccccc21)C(=O)NC(C)C(C)C(=O)O. The number of carboxylic acids is 1. The molecule has 176 valence electrons. The Bertz CT molecular complexity index is 960. The molecular weight excluding hydrogens is 420 g/mol. The maximum absolute atomic E-state index is 12.6. The molecule has 0 radical (unpaired) electrons. The number of carboxylic acid groups (broad SMARTS) is 1. The lowest BCUT2D eigenvalue weighted by Crippen LogP contribution is -2.45. The minimum atomic E-state index is -0.966. The fourth-order valence-corrected chi connectivity index (χ4v) is 4.21. The zero-order valence-electron chi connectivity index (χ0n) is 19.3. The van der Waals surface area contributed by atoms with E-state index in [4.69, 9.17) is 9.84 Å². The van der Waals surface area contributed by atoms with E-state index in [9.17, 15) is 14.4 Å². The van der Waals surface area contributed by atoms with Gasteiger partial charge in [0.2, 0.25) is 5.91 Å². The average molecular weight is 453 g/mol. The van der Waals surface area contributed by atoms with Gasteiger partial charge in [-0.05, 0) is 42.5 Å². The summed E-state index contributed by atoms with van der Waals surface area (Å²) in [5.74, 6) is -2.43. The number of carbonyl (C=O) groups excluding carboxylic acids is 2. The van der Waals surface area contributed by atoms with Gasteiger partial charge in [-0.25, -0.2) is 4.79 Å². The molecule has 0 bridgehead atoms. The standard InChI is InChI=1S/C26H32N2O5/c1-4-9-18(24(29)28-17(3)16(2)25(30)31)14-27-26(32)33-15-23-21-12-7-5-10-19(21)20-11-6-8-13-22(20)23/h5-8,10-13,16-18,23H,4,9,14-15H2,1-3H3,(H,27,32)(H,28,29)(H,30,31). The molecule has 0 heterocycles. The van der Waals surface area contributed by atoms with E-state index in [1.165, 1.54) is 0 Å². The zero-order chi connectivity index (χ0) is 24.0. The second-order valence-corrected chi connectivity index (χ2v) is 8.62. The number of carbonyl (C=O) groups is 3. The van der Waals surface area contributed by atoms with Crippen LogP contribution in [0.3, 0.4) is 0 Å². The Morgan fingerprint density at radius 2 is 1.58 bits per heavy atom. The first-order valence-electron chi connectivity index (χ1n) is 11.5. The summed E-state index contributed by atoms with van der Waals surface area (Å²) < 4.78 is 5.54. The third-order valence-electron chi connectivity index (χ3n) is 6.35. The molecular formula is C26H32N2O5. The van der Waals surface area contributed by atoms with E-state index in [0.29, 0.717) is 6.42 Å². The van der Waals surface area contributed by atoms with Crippen LogP contribution in [0.15, 0.2) is 48.5 Å². The van der Waals surface area contributed by atoms with Gasteiger partial charge in [0, 0.05) is 18.5 Å². The van der Waals surface area contributed by atoms with Crippen molar-refractivity contribution < 1.29 is 24.2 Å². The number of amides is 2. The highest BCUT2D eigenvalue weighted by Crippen LogP contribution is 2.44. The van der Waals surface area contributed by atoms with Crippen LogP contribution < -0.4 is 10.6 Å². The van der Waals surface area contributed by atoms with Gasteiger partial charge in [-0.3, -0.25) is 9.59 Å². The Labute approximate surface area is 194 Å². The van der Waals surface area contributed by atoms with Crippen LogP contribution in [0.5, 0.6) is 0 Å². The molecule has 2 aromatic carbocycles. The smallest absolute Gasteiger partial charge is 0.407 e. The number of hydrogen-bond donors (Lipinski definition) is 3. The third kappa shape index (κ3) is 5.72. The van der Waals surface area contributed by atoms with Crippen LogP contribution in [-0.2, 0) is 14.3 Å². The minimum Gasteiger partial charge on any atom is -0.481 e. The van der Waals surface area contributed by atoms with Crippen molar-refractivity contribution in [2.24, 2.45) is 11.8 Å². The van der Waals surface area contributed by atoms with E-state index in [0.717, 1.165) is 28.7 Å². The number of ether oxygens (including phenoxy) is 1. The van der Waals surface area contributed by atoms with E-state index in [1.807, 2.05) is 31.2 Å². The van der Waals surface area contributed by atoms with E-state index < -0.39 is 29.9 Å². The van der Waals surface area contributed by atoms with Gasteiger partial charge in [0.1, 0.15) is 6.61 Å². The van der Waals surface area contributed by atoms with Crippen molar-refractivity contribution >= 4 is 18.0 Å². The molecule has 33 heavy (non-hydrogen) atoms. The molecule has 7 nitrogen and oxygen atoms in total. The van der Waals surface area contributed by atoms with Crippen LogP contribution >= 0.6 is 0 Å². The number of rotatable bonds is 10. The van der Waals surface area contributed by atoms with E-state index in [1.54, 1.807) is 13.8 Å². The first-order valence-corrected chi connectivity index (χ1v) is 11.5. The van der Waals surface area contributed by atoms with Gasteiger partial charge in [0.05, 0.1) is 11.8 Å². The molecule has 0 saturated heterocycles. The van der Waals surface area contributed by atoms with Gasteiger partial charge >= 0.3 is 12.1 Å². The molecule has 3 rings (SSSR count). The van der Waals surface area contributed by atoms with Crippen molar-refractivity contribution in [2.75, 3.05) is 13.2 Å². The van der Waals surface area contributed by atoms with E-state index in [2.05, 4.69) is 34.9 Å². The lowest BCUT2D eigenvalue weighted by Gasteiger charge is -2.22. The summed E-state index contributed by atoms with van der Waals surface area (Å²) in [5.41, 5.74) is 4.59. The number of hydrogen-bond acceptors (Lipinski definition) is 4. The fourth-order valence-electron chi connectivity index (χ4n) is 4.21. The van der Waals surface area contributed by atoms with Gasteiger partial charge in [-0.2, -0.15) is 0 Å². The fraction of sp³-hybridized carbons (Fsp3) is 0.423. The highest BCUT2D eigenvalue weighted by atomic mass is 16.5. The molecule has 3 unspecified atom stereocenters. The molecule has 3 atom stereocenters. The lowest BCUT2D eigenvalue weighted by atomic mass is 9.98. The molecule has 7 heteroatoms. The topological polar surface area (TPSA) is 105 Å². The largest absolute Gasteiger partial charge is 0.481 e. The Hall–Kier alpha value is -3.35. The normalized spacial score (nSPS) is 15.0. The Balaban J connectivity index is 1.56. The third-order valence-corrected chi connectivity index (χ3v) is 6.35. The van der Waals surface area contributed by atoms with Crippen LogP contribution in [0, 0.1) is 11.8 Å². The minimum absolute atomic E-state index is 0.0313. The Kier molecular flexibility index (Phi) is 8.09. The Morgan fingerprint density at radius 3 is 2.12 bits per heavy atom. The zero-order valence-corrected chi connectivity index (χ0v) is 19.3. The number of fused-ring (bicyclic) bond motifs is 3. The quantitative estimate of drug-likeness (QED) is 0.502. The molecule has 1 aliphatic carbocycles. The van der Waals surface area contributed by atoms with Crippen molar-refractivity contribution in [3.63, 3.8) is 0 Å². The molecule has 1 aliphatic rings. The van der Waals surface area contributed by atoms with E-state index >= 15 is 0 Å². The van der Waals surface area contributed by atoms with Crippen LogP contribution in [0.25, 0.3) is 11.1 Å². The van der Waals surface area contributed by atoms with Crippen molar-refractivity contribution in [1.82, 2.24) is 10.6 Å². The highest BCUT2D eigenvalue weighted by Gasteiger charge is 2.29. The van der Waals surface area contributed by atoms with Gasteiger partial charge in [-0.1, -0.05) is 61.9 Å². The van der Waals surface area contributed by atoms with E-state index in [-0.39, 0.29) is 25.0 Å². The number of nitrogens with one attached hydrogen (secondary N) is 2. The van der Waals surface area contributed by atoms with Crippen LogP contribution in [0.2, 0.25) is 0 Å². The van der Waals surface area contributed by atoms with Crippen LogP contribution in [0.4, 0.5) is 4.79 Å². The lowest BCUT2D eigenvalue weighted by molar-refractivity contribution is -0.142. The summed E-state index contributed by atoms with van der Waals surface area (Å²) in [6.07, 6.45) is 0.759. The summed E-state index contributed by atoms with van der Waals surface area (Å²) in [5, 5.41) is 14.6. The maximum Gasteiger partial charge on any atom is 0.407 e. The summed E-state index contributed by atoms with van der Waals surface area (Å²) in [7, 11) is 0. The van der Waals surface area contributed by atoms with Crippen molar-refractivity contribution in [3.05, 3.63) is 59.7 Å². The van der Waals surface area contributed by atoms with Gasteiger partial charge in [-0.15, -0.1) is 0 Å². The molecule has 2 aromatic rings. The van der Waals surface area contributed by atoms with Crippen LogP contribution in [0.1, 0.15) is 50.7 Å². The molecule has 0 saturated carbocycles. The van der Waals surface area contributed by atoms with Crippen molar-refractivity contribution in [1.29, 1.82) is 0 Å². The molecule has 0 aliphatic heterocycles. The number of aliphatic carboxylic acids is 1. The molecule has 2 amide bonds. The summed E-state index contributed by atoms with van der Waals surface area (Å²) in [6.45, 7) is 5.51. The second kappa shape index (κ2) is 11.0. The summed E-state index contributed by atoms with van der Waals surface area (Å²) in [6, 6.07) is 15.7. The van der Waals surface area contributed by atoms with Crippen LogP contribution in [-0.4, -0.2) is 42.3 Å². The monoisotopic (exact) mass is 452 g/mol. The van der Waals surface area contributed by atoms with Crippen molar-refractivity contribution in [2.45, 2.75) is 45.6 Å². The second-order valence-electron chi connectivity index (χ2n) is 8.62. The summed E-state index contributed by atoms with van der Waals surface area (Å²) in [4.78, 5) is 36.2. The molecule has 0 spiro atoms. The van der Waals surface area contributed by atoms with Gasteiger partial charge in [0.15, 0.2) is 0 Å². The molecule has 0 aromatic heterocycles. The Morgan fingerprint density at radius 1 is 1.00 bits per heavy atom. The molecule has 0 fully saturated rings. The number of benzene rings is 2. The van der Waals surface area contributed by atoms with Gasteiger partial charge < -0.3 is 20.5 Å². The molecule has 3 N–H and O–H groups in total. The first kappa shape index (κ1) is 24.3. The highest BCUT2D eigenvalue weighted by molar-refractivity contribution is 5.81. The van der Waals surface area contributed by atoms with Gasteiger partial charge in [0.25, 0.3) is 0 Å². The maximum atomic E-state index is 12.6.